The molecule has 2 rings (SSSR count). The van der Waals surface area contributed by atoms with Gasteiger partial charge in [0.05, 0.1) is 6.61 Å². The Labute approximate surface area is 122 Å². The zero-order valence-electron chi connectivity index (χ0n) is 10.1. The molecule has 5 nitrogen and oxygen atoms in total. The Balaban J connectivity index is 2.23. The SMILES string of the molecule is COCc1c(Br)cccc1NC(=O)c1csc(N)n1. The fourth-order valence-electron chi connectivity index (χ4n) is 1.55. The van der Waals surface area contributed by atoms with Crippen molar-refractivity contribution >= 4 is 44.0 Å². The molecular weight excluding hydrogens is 330 g/mol. The number of carbonyl (C=O) groups excluding carboxylic acids is 1. The quantitative estimate of drug-likeness (QED) is 0.896. The van der Waals surface area contributed by atoms with Crippen molar-refractivity contribution in [1.82, 2.24) is 4.98 Å². The van der Waals surface area contributed by atoms with Gasteiger partial charge in [-0.3, -0.25) is 4.79 Å². The molecule has 0 saturated heterocycles. The van der Waals surface area contributed by atoms with Crippen molar-refractivity contribution < 1.29 is 9.53 Å². The molecule has 7 heteroatoms. The van der Waals surface area contributed by atoms with Crippen LogP contribution in [0.3, 0.4) is 0 Å². The molecule has 0 aliphatic heterocycles. The van der Waals surface area contributed by atoms with E-state index in [2.05, 4.69) is 26.2 Å². The van der Waals surface area contributed by atoms with E-state index in [4.69, 9.17) is 10.5 Å². The molecule has 1 heterocycles. The maximum atomic E-state index is 12.0. The lowest BCUT2D eigenvalue weighted by atomic mass is 10.2. The van der Waals surface area contributed by atoms with Crippen LogP contribution >= 0.6 is 27.3 Å². The highest BCUT2D eigenvalue weighted by Crippen LogP contribution is 2.26. The lowest BCUT2D eigenvalue weighted by Crippen LogP contribution is -2.14. The third-order valence-electron chi connectivity index (χ3n) is 2.41. The number of hydrogen-bond donors (Lipinski definition) is 2. The molecule has 2 aromatic rings. The molecule has 0 atom stereocenters. The van der Waals surface area contributed by atoms with Gasteiger partial charge < -0.3 is 15.8 Å². The zero-order valence-corrected chi connectivity index (χ0v) is 12.5. The van der Waals surface area contributed by atoms with Gasteiger partial charge in [-0.2, -0.15) is 0 Å². The van der Waals surface area contributed by atoms with Crippen LogP contribution in [0, 0.1) is 0 Å². The van der Waals surface area contributed by atoms with Crippen LogP contribution in [0.5, 0.6) is 0 Å². The van der Waals surface area contributed by atoms with Crippen LogP contribution in [0.15, 0.2) is 28.1 Å². The highest BCUT2D eigenvalue weighted by molar-refractivity contribution is 9.10. The number of rotatable bonds is 4. The van der Waals surface area contributed by atoms with E-state index in [9.17, 15) is 4.79 Å². The molecule has 3 N–H and O–H groups in total. The van der Waals surface area contributed by atoms with Gasteiger partial charge in [0.2, 0.25) is 0 Å². The fourth-order valence-corrected chi connectivity index (χ4v) is 2.57. The van der Waals surface area contributed by atoms with Crippen LogP contribution in [0.1, 0.15) is 16.1 Å². The minimum atomic E-state index is -0.289. The molecular formula is C12H12BrN3O2S. The minimum Gasteiger partial charge on any atom is -0.380 e. The van der Waals surface area contributed by atoms with E-state index in [1.807, 2.05) is 18.2 Å². The van der Waals surface area contributed by atoms with Gasteiger partial charge in [0.15, 0.2) is 5.13 Å². The Bertz CT molecular complexity index is 600. The Kier molecular flexibility index (Phi) is 4.52. The van der Waals surface area contributed by atoms with Crippen LogP contribution in [-0.2, 0) is 11.3 Å². The average molecular weight is 342 g/mol. The van der Waals surface area contributed by atoms with Crippen LogP contribution in [-0.4, -0.2) is 18.0 Å². The number of anilines is 2. The van der Waals surface area contributed by atoms with Gasteiger partial charge >= 0.3 is 0 Å². The first-order valence-corrected chi connectivity index (χ1v) is 7.07. The number of nitrogens with zero attached hydrogens (tertiary/aromatic N) is 1. The van der Waals surface area contributed by atoms with E-state index >= 15 is 0 Å². The molecule has 0 spiro atoms. The molecule has 0 radical (unpaired) electrons. The second kappa shape index (κ2) is 6.14. The number of carbonyl (C=O) groups is 1. The summed E-state index contributed by atoms with van der Waals surface area (Å²) in [5.41, 5.74) is 7.39. The molecule has 0 unspecified atom stereocenters. The summed E-state index contributed by atoms with van der Waals surface area (Å²) < 4.78 is 6.01. The summed E-state index contributed by atoms with van der Waals surface area (Å²) in [6.45, 7) is 0.399. The van der Waals surface area contributed by atoms with Gasteiger partial charge in [-0.05, 0) is 12.1 Å². The maximum absolute atomic E-state index is 12.0. The molecule has 0 aliphatic rings. The summed E-state index contributed by atoms with van der Waals surface area (Å²) in [6.07, 6.45) is 0. The van der Waals surface area contributed by atoms with Crippen LogP contribution < -0.4 is 11.1 Å². The van der Waals surface area contributed by atoms with Gasteiger partial charge in [0, 0.05) is 28.2 Å². The van der Waals surface area contributed by atoms with Crippen molar-refractivity contribution in [3.63, 3.8) is 0 Å². The Hall–Kier alpha value is -1.44. The molecule has 0 aliphatic carbocycles. The van der Waals surface area contributed by atoms with Crippen molar-refractivity contribution in [3.05, 3.63) is 39.3 Å². The Morgan fingerprint density at radius 1 is 1.58 bits per heavy atom. The fraction of sp³-hybridized carbons (Fsp3) is 0.167. The predicted octanol–water partition coefficient (Wildman–Crippen LogP) is 2.89. The van der Waals surface area contributed by atoms with Gasteiger partial charge in [-0.15, -0.1) is 11.3 Å². The summed E-state index contributed by atoms with van der Waals surface area (Å²) in [5, 5.41) is 4.80. The van der Waals surface area contributed by atoms with E-state index in [1.54, 1.807) is 12.5 Å². The number of hydrogen-bond acceptors (Lipinski definition) is 5. The molecule has 0 bridgehead atoms. The molecule has 0 saturated carbocycles. The number of nitrogens with one attached hydrogen (secondary N) is 1. The average Bonchev–Trinajstić information content (AvgIpc) is 2.80. The zero-order chi connectivity index (χ0) is 13.8. The number of amides is 1. The van der Waals surface area contributed by atoms with Gasteiger partial charge in [-0.25, -0.2) is 4.98 Å². The van der Waals surface area contributed by atoms with Gasteiger partial charge in [0.25, 0.3) is 5.91 Å². The molecule has 1 aromatic heterocycles. The summed E-state index contributed by atoms with van der Waals surface area (Å²) in [5.74, 6) is -0.289. The summed E-state index contributed by atoms with van der Waals surface area (Å²) in [7, 11) is 1.60. The first-order chi connectivity index (χ1) is 9.11. The third-order valence-corrected chi connectivity index (χ3v) is 3.83. The number of halogens is 1. The first-order valence-electron chi connectivity index (χ1n) is 5.40. The lowest BCUT2D eigenvalue weighted by Gasteiger charge is -2.11. The molecule has 0 fully saturated rings. The molecule has 1 amide bonds. The highest BCUT2D eigenvalue weighted by Gasteiger charge is 2.13. The maximum Gasteiger partial charge on any atom is 0.275 e. The number of aromatic nitrogens is 1. The standard InChI is InChI=1S/C12H12BrN3O2S/c1-18-5-7-8(13)3-2-4-9(7)15-11(17)10-6-19-12(14)16-10/h2-4,6H,5H2,1H3,(H2,14,16)(H,15,17). The molecule has 100 valence electrons. The summed E-state index contributed by atoms with van der Waals surface area (Å²) in [4.78, 5) is 16.0. The van der Waals surface area contributed by atoms with E-state index in [1.165, 1.54) is 11.3 Å². The van der Waals surface area contributed by atoms with Crippen molar-refractivity contribution in [2.24, 2.45) is 0 Å². The van der Waals surface area contributed by atoms with E-state index < -0.39 is 0 Å². The normalized spacial score (nSPS) is 10.4. The third kappa shape index (κ3) is 3.31. The van der Waals surface area contributed by atoms with Crippen LogP contribution in [0.2, 0.25) is 0 Å². The number of ether oxygens (including phenoxy) is 1. The van der Waals surface area contributed by atoms with E-state index in [0.29, 0.717) is 23.1 Å². The van der Waals surface area contributed by atoms with Crippen molar-refractivity contribution in [1.29, 1.82) is 0 Å². The van der Waals surface area contributed by atoms with Crippen molar-refractivity contribution in [3.8, 4) is 0 Å². The second-order valence-electron chi connectivity index (χ2n) is 3.72. The number of nitrogen functional groups attached to an aromatic ring is 1. The first kappa shape index (κ1) is 14.0. The smallest absolute Gasteiger partial charge is 0.275 e. The minimum absolute atomic E-state index is 0.289. The van der Waals surface area contributed by atoms with Gasteiger partial charge in [-0.1, -0.05) is 22.0 Å². The lowest BCUT2D eigenvalue weighted by molar-refractivity contribution is 0.102. The second-order valence-corrected chi connectivity index (χ2v) is 5.47. The number of nitrogens with two attached hydrogens (primary N) is 1. The van der Waals surface area contributed by atoms with Crippen LogP contribution in [0.4, 0.5) is 10.8 Å². The Morgan fingerprint density at radius 2 is 2.37 bits per heavy atom. The molecule has 19 heavy (non-hydrogen) atoms. The predicted molar refractivity (Wildman–Crippen MR) is 79.3 cm³/mol. The van der Waals surface area contributed by atoms with Gasteiger partial charge in [0.1, 0.15) is 5.69 Å². The van der Waals surface area contributed by atoms with E-state index in [0.717, 1.165) is 10.0 Å². The number of methoxy groups -OCH3 is 1. The monoisotopic (exact) mass is 341 g/mol. The van der Waals surface area contributed by atoms with Crippen molar-refractivity contribution in [2.75, 3.05) is 18.2 Å². The summed E-state index contributed by atoms with van der Waals surface area (Å²) >= 11 is 4.67. The topological polar surface area (TPSA) is 77.2 Å². The number of benzene rings is 1. The van der Waals surface area contributed by atoms with E-state index in [-0.39, 0.29) is 5.91 Å². The largest absolute Gasteiger partial charge is 0.380 e. The van der Waals surface area contributed by atoms with Crippen molar-refractivity contribution in [2.45, 2.75) is 6.61 Å². The Morgan fingerprint density at radius 3 is 3.00 bits per heavy atom. The number of thiazole rings is 1. The van der Waals surface area contributed by atoms with Crippen LogP contribution in [0.25, 0.3) is 0 Å². The molecule has 1 aromatic carbocycles. The highest BCUT2D eigenvalue weighted by atomic mass is 79.9. The summed E-state index contributed by atoms with van der Waals surface area (Å²) in [6, 6.07) is 5.55.